The fourth-order valence-electron chi connectivity index (χ4n) is 1.99. The molecule has 0 aliphatic carbocycles. The highest BCUT2D eigenvalue weighted by molar-refractivity contribution is 5.84. The largest absolute Gasteiger partial charge is 0.481 e. The Morgan fingerprint density at radius 3 is 2.78 bits per heavy atom. The zero-order chi connectivity index (χ0) is 13.5. The summed E-state index contributed by atoms with van der Waals surface area (Å²) < 4.78 is 0. The number of hydrogen-bond donors (Lipinski definition) is 3. The third-order valence-corrected chi connectivity index (χ3v) is 3.15. The Kier molecular flexibility index (Phi) is 5.61. The first-order valence-electron chi connectivity index (χ1n) is 6.31. The maximum Gasteiger partial charge on any atom is 0.308 e. The van der Waals surface area contributed by atoms with Gasteiger partial charge in [0.05, 0.1) is 11.8 Å². The molecule has 1 heterocycles. The Balaban J connectivity index is 2.35. The molecule has 18 heavy (non-hydrogen) atoms. The van der Waals surface area contributed by atoms with E-state index in [1.54, 1.807) is 0 Å². The molecule has 0 aromatic rings. The summed E-state index contributed by atoms with van der Waals surface area (Å²) in [5.74, 6) is -1.85. The van der Waals surface area contributed by atoms with Crippen LogP contribution in [0.3, 0.4) is 0 Å². The fourth-order valence-corrected chi connectivity index (χ4v) is 1.99. The summed E-state index contributed by atoms with van der Waals surface area (Å²) >= 11 is 0. The lowest BCUT2D eigenvalue weighted by Gasteiger charge is -2.22. The lowest BCUT2D eigenvalue weighted by molar-refractivity contribution is -0.142. The van der Waals surface area contributed by atoms with E-state index in [1.165, 1.54) is 0 Å². The average molecular weight is 256 g/mol. The molecular weight excluding hydrogens is 236 g/mol. The van der Waals surface area contributed by atoms with Crippen molar-refractivity contribution >= 4 is 17.8 Å². The van der Waals surface area contributed by atoms with E-state index in [2.05, 4.69) is 10.6 Å². The molecule has 2 unspecified atom stereocenters. The van der Waals surface area contributed by atoms with E-state index >= 15 is 0 Å². The predicted molar refractivity (Wildman–Crippen MR) is 64.8 cm³/mol. The van der Waals surface area contributed by atoms with E-state index in [0.29, 0.717) is 25.8 Å². The van der Waals surface area contributed by atoms with E-state index in [1.807, 2.05) is 6.92 Å². The minimum atomic E-state index is -0.880. The van der Waals surface area contributed by atoms with Crippen molar-refractivity contribution in [2.45, 2.75) is 32.6 Å². The van der Waals surface area contributed by atoms with Crippen LogP contribution in [0.4, 0.5) is 0 Å². The number of carboxylic acid groups (broad SMARTS) is 1. The van der Waals surface area contributed by atoms with Crippen molar-refractivity contribution in [3.8, 4) is 0 Å². The molecular formula is C12H20N2O4. The van der Waals surface area contributed by atoms with Crippen LogP contribution in [-0.4, -0.2) is 36.0 Å². The van der Waals surface area contributed by atoms with E-state index in [4.69, 9.17) is 5.11 Å². The second-order valence-corrected chi connectivity index (χ2v) is 4.61. The SMILES string of the molecule is CCCC(CNC(=O)C1CCC(=O)NC1)C(=O)O. The first-order chi connectivity index (χ1) is 8.54. The van der Waals surface area contributed by atoms with Crippen molar-refractivity contribution in [3.63, 3.8) is 0 Å². The van der Waals surface area contributed by atoms with Crippen LogP contribution in [0.25, 0.3) is 0 Å². The number of carbonyl (C=O) groups excluding carboxylic acids is 2. The molecule has 102 valence electrons. The number of carboxylic acids is 1. The van der Waals surface area contributed by atoms with Gasteiger partial charge in [-0.05, 0) is 12.8 Å². The molecule has 0 aromatic heterocycles. The summed E-state index contributed by atoms with van der Waals surface area (Å²) in [6, 6.07) is 0. The van der Waals surface area contributed by atoms with Gasteiger partial charge in [-0.1, -0.05) is 13.3 Å². The normalized spacial score (nSPS) is 20.9. The van der Waals surface area contributed by atoms with Crippen molar-refractivity contribution in [3.05, 3.63) is 0 Å². The Hall–Kier alpha value is -1.59. The zero-order valence-corrected chi connectivity index (χ0v) is 10.6. The van der Waals surface area contributed by atoms with Crippen LogP contribution in [0.15, 0.2) is 0 Å². The molecule has 0 bridgehead atoms. The van der Waals surface area contributed by atoms with Gasteiger partial charge < -0.3 is 15.7 Å². The first kappa shape index (κ1) is 14.5. The van der Waals surface area contributed by atoms with E-state index < -0.39 is 11.9 Å². The summed E-state index contributed by atoms with van der Waals surface area (Å²) in [5, 5.41) is 14.2. The number of hydrogen-bond acceptors (Lipinski definition) is 3. The van der Waals surface area contributed by atoms with Gasteiger partial charge in [0.2, 0.25) is 11.8 Å². The fraction of sp³-hybridized carbons (Fsp3) is 0.750. The van der Waals surface area contributed by atoms with Crippen molar-refractivity contribution in [1.29, 1.82) is 0 Å². The minimum Gasteiger partial charge on any atom is -0.481 e. The summed E-state index contributed by atoms with van der Waals surface area (Å²) in [6.45, 7) is 2.41. The third-order valence-electron chi connectivity index (χ3n) is 3.15. The molecule has 1 saturated heterocycles. The molecule has 1 aliphatic heterocycles. The molecule has 1 fully saturated rings. The highest BCUT2D eigenvalue weighted by Gasteiger charge is 2.25. The van der Waals surface area contributed by atoms with Gasteiger partial charge in [-0.15, -0.1) is 0 Å². The molecule has 6 heteroatoms. The Morgan fingerprint density at radius 1 is 1.56 bits per heavy atom. The molecule has 0 spiro atoms. The van der Waals surface area contributed by atoms with Crippen molar-refractivity contribution < 1.29 is 19.5 Å². The van der Waals surface area contributed by atoms with Gasteiger partial charge >= 0.3 is 5.97 Å². The number of nitrogens with one attached hydrogen (secondary N) is 2. The van der Waals surface area contributed by atoms with Gasteiger partial charge in [-0.2, -0.15) is 0 Å². The zero-order valence-electron chi connectivity index (χ0n) is 10.6. The lowest BCUT2D eigenvalue weighted by atomic mass is 9.97. The van der Waals surface area contributed by atoms with Crippen LogP contribution in [0.5, 0.6) is 0 Å². The summed E-state index contributed by atoms with van der Waals surface area (Å²) in [4.78, 5) is 33.6. The van der Waals surface area contributed by atoms with Gasteiger partial charge in [0.15, 0.2) is 0 Å². The summed E-state index contributed by atoms with van der Waals surface area (Å²) in [7, 11) is 0. The molecule has 2 atom stereocenters. The average Bonchev–Trinajstić information content (AvgIpc) is 2.34. The standard InChI is InChI=1S/C12H20N2O4/c1-2-3-9(12(17)18)7-14-11(16)8-4-5-10(15)13-6-8/h8-9H,2-7H2,1H3,(H,13,15)(H,14,16)(H,17,18). The highest BCUT2D eigenvalue weighted by atomic mass is 16.4. The first-order valence-corrected chi connectivity index (χ1v) is 6.31. The molecule has 0 saturated carbocycles. The minimum absolute atomic E-state index is 0.0338. The number of piperidine rings is 1. The van der Waals surface area contributed by atoms with Gasteiger partial charge in [0.25, 0.3) is 0 Å². The monoisotopic (exact) mass is 256 g/mol. The Bertz CT molecular complexity index is 320. The molecule has 0 aromatic carbocycles. The van der Waals surface area contributed by atoms with Crippen molar-refractivity contribution in [2.75, 3.05) is 13.1 Å². The van der Waals surface area contributed by atoms with Crippen LogP contribution in [-0.2, 0) is 14.4 Å². The summed E-state index contributed by atoms with van der Waals surface area (Å²) in [6.07, 6.45) is 2.21. The predicted octanol–water partition coefficient (Wildman–Crippen LogP) is 0.130. The van der Waals surface area contributed by atoms with E-state index in [-0.39, 0.29) is 24.3 Å². The highest BCUT2D eigenvalue weighted by Crippen LogP contribution is 2.11. The van der Waals surface area contributed by atoms with Crippen LogP contribution < -0.4 is 10.6 Å². The van der Waals surface area contributed by atoms with E-state index in [9.17, 15) is 14.4 Å². The van der Waals surface area contributed by atoms with Gasteiger partial charge in [0.1, 0.15) is 0 Å². The molecule has 2 amide bonds. The third kappa shape index (κ3) is 4.35. The molecule has 3 N–H and O–H groups in total. The topological polar surface area (TPSA) is 95.5 Å². The molecule has 6 nitrogen and oxygen atoms in total. The Labute approximate surface area is 106 Å². The lowest BCUT2D eigenvalue weighted by Crippen LogP contribution is -2.44. The van der Waals surface area contributed by atoms with Gasteiger partial charge in [-0.25, -0.2) is 0 Å². The van der Waals surface area contributed by atoms with Crippen LogP contribution in [0.1, 0.15) is 32.6 Å². The van der Waals surface area contributed by atoms with Crippen molar-refractivity contribution in [2.24, 2.45) is 11.8 Å². The maximum absolute atomic E-state index is 11.8. The number of aliphatic carboxylic acids is 1. The van der Waals surface area contributed by atoms with Gasteiger partial charge in [-0.3, -0.25) is 14.4 Å². The quantitative estimate of drug-likeness (QED) is 0.629. The second-order valence-electron chi connectivity index (χ2n) is 4.61. The molecule has 1 rings (SSSR count). The maximum atomic E-state index is 11.8. The van der Waals surface area contributed by atoms with Crippen LogP contribution >= 0.6 is 0 Å². The summed E-state index contributed by atoms with van der Waals surface area (Å²) in [5.41, 5.74) is 0. The van der Waals surface area contributed by atoms with Crippen molar-refractivity contribution in [1.82, 2.24) is 10.6 Å². The molecule has 1 aliphatic rings. The van der Waals surface area contributed by atoms with Crippen LogP contribution in [0.2, 0.25) is 0 Å². The number of amides is 2. The Morgan fingerprint density at radius 2 is 2.28 bits per heavy atom. The molecule has 0 radical (unpaired) electrons. The van der Waals surface area contributed by atoms with Gasteiger partial charge in [0, 0.05) is 19.5 Å². The number of carbonyl (C=O) groups is 3. The van der Waals surface area contributed by atoms with Crippen LogP contribution in [0, 0.1) is 11.8 Å². The van der Waals surface area contributed by atoms with E-state index in [0.717, 1.165) is 6.42 Å². The second kappa shape index (κ2) is 6.98. The number of rotatable bonds is 6. The smallest absolute Gasteiger partial charge is 0.308 e.